The number of hydrogen-bond donors (Lipinski definition) is 0. The van der Waals surface area contributed by atoms with Crippen molar-refractivity contribution in [2.24, 2.45) is 0 Å². The first-order chi connectivity index (χ1) is 14.3. The molecule has 1 nitrogen and oxygen atoms in total. The monoisotopic (exact) mass is 385 g/mol. The number of pyridine rings is 1. The van der Waals surface area contributed by atoms with Crippen LogP contribution in [0, 0.1) is 0 Å². The second-order valence-corrected chi connectivity index (χ2v) is 8.09. The molecule has 0 unspecified atom stereocenters. The fraction of sp³-hybridized carbons (Fsp3) is 0.393. The maximum Gasteiger partial charge on any atom is 0.0702 e. The van der Waals surface area contributed by atoms with E-state index >= 15 is 0 Å². The molecule has 0 aliphatic carbocycles. The van der Waals surface area contributed by atoms with Crippen LogP contribution in [-0.2, 0) is 12.8 Å². The van der Waals surface area contributed by atoms with Gasteiger partial charge in [0.05, 0.1) is 5.69 Å². The fourth-order valence-electron chi connectivity index (χ4n) is 3.75. The van der Waals surface area contributed by atoms with Gasteiger partial charge < -0.3 is 0 Å². The molecule has 0 saturated heterocycles. The minimum atomic E-state index is 1.06. The fourth-order valence-corrected chi connectivity index (χ4v) is 3.75. The molecule has 0 amide bonds. The summed E-state index contributed by atoms with van der Waals surface area (Å²) < 4.78 is 0. The Morgan fingerprint density at radius 3 is 1.69 bits per heavy atom. The first-order valence-corrected chi connectivity index (χ1v) is 11.4. The van der Waals surface area contributed by atoms with Crippen LogP contribution in [-0.4, -0.2) is 4.98 Å². The lowest BCUT2D eigenvalue weighted by atomic mass is 10.00. The van der Waals surface area contributed by atoms with Crippen molar-refractivity contribution in [2.45, 2.75) is 71.6 Å². The number of hydrogen-bond acceptors (Lipinski definition) is 1. The Morgan fingerprint density at radius 2 is 1.07 bits per heavy atom. The highest BCUT2D eigenvalue weighted by Crippen LogP contribution is 2.25. The Hall–Kier alpha value is -2.41. The number of nitrogens with zero attached hydrogens (tertiary/aromatic N) is 1. The van der Waals surface area contributed by atoms with E-state index in [-0.39, 0.29) is 0 Å². The van der Waals surface area contributed by atoms with Gasteiger partial charge in [0, 0.05) is 11.8 Å². The van der Waals surface area contributed by atoms with Crippen molar-refractivity contribution in [1.29, 1.82) is 0 Å². The third-order valence-electron chi connectivity index (χ3n) is 5.68. The van der Waals surface area contributed by atoms with Crippen LogP contribution in [0.25, 0.3) is 22.4 Å². The van der Waals surface area contributed by atoms with Crippen LogP contribution in [0.4, 0.5) is 0 Å². The van der Waals surface area contributed by atoms with Crippen LogP contribution in [0.5, 0.6) is 0 Å². The molecule has 0 fully saturated rings. The van der Waals surface area contributed by atoms with Gasteiger partial charge in [0.25, 0.3) is 0 Å². The SMILES string of the molecule is CCCCCCCc1ccc(-c2ccc(-c3ccc(CCCC)cc3)cc2)nc1. The number of aryl methyl sites for hydroxylation is 2. The summed E-state index contributed by atoms with van der Waals surface area (Å²) >= 11 is 0. The molecule has 3 aromatic rings. The second kappa shape index (κ2) is 11.6. The van der Waals surface area contributed by atoms with E-state index in [1.165, 1.54) is 79.2 Å². The summed E-state index contributed by atoms with van der Waals surface area (Å²) in [6, 6.07) is 22.2. The van der Waals surface area contributed by atoms with Gasteiger partial charge in [0.2, 0.25) is 0 Å². The van der Waals surface area contributed by atoms with Gasteiger partial charge in [-0.05, 0) is 54.0 Å². The van der Waals surface area contributed by atoms with Crippen molar-refractivity contribution in [3.05, 3.63) is 78.0 Å². The van der Waals surface area contributed by atoms with Crippen LogP contribution >= 0.6 is 0 Å². The van der Waals surface area contributed by atoms with Crippen molar-refractivity contribution >= 4 is 0 Å². The van der Waals surface area contributed by atoms with Gasteiger partial charge in [0.1, 0.15) is 0 Å². The summed E-state index contributed by atoms with van der Waals surface area (Å²) in [5.74, 6) is 0. The molecule has 0 bridgehead atoms. The third kappa shape index (κ3) is 6.56. The molecule has 0 radical (unpaired) electrons. The Balaban J connectivity index is 1.58. The lowest BCUT2D eigenvalue weighted by molar-refractivity contribution is 0.632. The number of benzene rings is 2. The molecule has 152 valence electrons. The Labute approximate surface area is 177 Å². The van der Waals surface area contributed by atoms with Crippen molar-refractivity contribution in [1.82, 2.24) is 4.98 Å². The van der Waals surface area contributed by atoms with Crippen LogP contribution in [0.15, 0.2) is 66.9 Å². The zero-order chi connectivity index (χ0) is 20.3. The Kier molecular flexibility index (Phi) is 8.49. The van der Waals surface area contributed by atoms with E-state index in [0.717, 1.165) is 12.1 Å². The molecule has 1 heterocycles. The van der Waals surface area contributed by atoms with Gasteiger partial charge in [-0.25, -0.2) is 0 Å². The summed E-state index contributed by atoms with van der Waals surface area (Å²) in [4.78, 5) is 4.71. The largest absolute Gasteiger partial charge is 0.256 e. The lowest BCUT2D eigenvalue weighted by Gasteiger charge is -2.07. The van der Waals surface area contributed by atoms with Gasteiger partial charge in [-0.1, -0.05) is 101 Å². The molecule has 0 N–H and O–H groups in total. The van der Waals surface area contributed by atoms with Crippen molar-refractivity contribution < 1.29 is 0 Å². The molecule has 29 heavy (non-hydrogen) atoms. The highest BCUT2D eigenvalue weighted by Gasteiger charge is 2.03. The molecule has 1 heteroatoms. The van der Waals surface area contributed by atoms with Gasteiger partial charge in [0.15, 0.2) is 0 Å². The quantitative estimate of drug-likeness (QED) is 0.303. The second-order valence-electron chi connectivity index (χ2n) is 8.09. The summed E-state index contributed by atoms with van der Waals surface area (Å²) in [5.41, 5.74) is 7.57. The molecule has 1 aromatic heterocycles. The molecule has 0 aliphatic heterocycles. The van der Waals surface area contributed by atoms with Gasteiger partial charge >= 0.3 is 0 Å². The molecular weight excluding hydrogens is 350 g/mol. The van der Waals surface area contributed by atoms with E-state index in [1.54, 1.807) is 0 Å². The van der Waals surface area contributed by atoms with Gasteiger partial charge in [-0.2, -0.15) is 0 Å². The lowest BCUT2D eigenvalue weighted by Crippen LogP contribution is -1.90. The Bertz CT molecular complexity index is 829. The number of unbranched alkanes of at least 4 members (excludes halogenated alkanes) is 5. The molecular formula is C28H35N. The average molecular weight is 386 g/mol. The highest BCUT2D eigenvalue weighted by molar-refractivity contribution is 5.69. The first-order valence-electron chi connectivity index (χ1n) is 11.4. The third-order valence-corrected chi connectivity index (χ3v) is 5.68. The predicted molar refractivity (Wildman–Crippen MR) is 126 cm³/mol. The maximum absolute atomic E-state index is 4.71. The average Bonchev–Trinajstić information content (AvgIpc) is 2.78. The number of rotatable bonds is 11. The summed E-state index contributed by atoms with van der Waals surface area (Å²) in [7, 11) is 0. The van der Waals surface area contributed by atoms with Crippen LogP contribution < -0.4 is 0 Å². The summed E-state index contributed by atoms with van der Waals surface area (Å²) in [6.45, 7) is 4.51. The van der Waals surface area contributed by atoms with Crippen LogP contribution in [0.3, 0.4) is 0 Å². The van der Waals surface area contributed by atoms with E-state index in [1.807, 2.05) is 0 Å². The minimum Gasteiger partial charge on any atom is -0.256 e. The van der Waals surface area contributed by atoms with E-state index in [4.69, 9.17) is 4.98 Å². The standard InChI is InChI=1S/C28H35N/c1-3-5-7-8-9-11-24-14-21-28(29-22-24)27-19-17-26(18-20-27)25-15-12-23(13-16-25)10-6-4-2/h12-22H,3-11H2,1-2H3. The topological polar surface area (TPSA) is 12.9 Å². The zero-order valence-electron chi connectivity index (χ0n) is 18.2. The zero-order valence-corrected chi connectivity index (χ0v) is 18.2. The van der Waals surface area contributed by atoms with Crippen LogP contribution in [0.1, 0.15) is 69.9 Å². The van der Waals surface area contributed by atoms with E-state index in [9.17, 15) is 0 Å². The summed E-state index contributed by atoms with van der Waals surface area (Å²) in [5, 5.41) is 0. The highest BCUT2D eigenvalue weighted by atomic mass is 14.7. The first kappa shape index (κ1) is 21.3. The minimum absolute atomic E-state index is 1.06. The molecule has 0 aliphatic rings. The van der Waals surface area contributed by atoms with E-state index < -0.39 is 0 Å². The van der Waals surface area contributed by atoms with Crippen molar-refractivity contribution in [3.8, 4) is 22.4 Å². The van der Waals surface area contributed by atoms with E-state index in [2.05, 4.69) is 80.7 Å². The molecule has 3 rings (SSSR count). The Morgan fingerprint density at radius 1 is 0.517 bits per heavy atom. The van der Waals surface area contributed by atoms with Crippen LogP contribution in [0.2, 0.25) is 0 Å². The molecule has 0 spiro atoms. The normalized spacial score (nSPS) is 11.0. The predicted octanol–water partition coefficient (Wildman–Crippen LogP) is 8.27. The van der Waals surface area contributed by atoms with Gasteiger partial charge in [-0.15, -0.1) is 0 Å². The molecule has 2 aromatic carbocycles. The van der Waals surface area contributed by atoms with Crippen molar-refractivity contribution in [2.75, 3.05) is 0 Å². The van der Waals surface area contributed by atoms with Crippen molar-refractivity contribution in [3.63, 3.8) is 0 Å². The maximum atomic E-state index is 4.71. The van der Waals surface area contributed by atoms with E-state index in [0.29, 0.717) is 0 Å². The number of aromatic nitrogens is 1. The smallest absolute Gasteiger partial charge is 0.0702 e. The molecule has 0 atom stereocenters. The summed E-state index contributed by atoms with van der Waals surface area (Å²) in [6.07, 6.45) is 13.5. The molecule has 0 saturated carbocycles. The van der Waals surface area contributed by atoms with Gasteiger partial charge in [-0.3, -0.25) is 4.98 Å².